The van der Waals surface area contributed by atoms with Gasteiger partial charge in [-0.25, -0.2) is 8.42 Å². The molecular formula is C18H21NO6S. The van der Waals surface area contributed by atoms with Crippen molar-refractivity contribution in [3.8, 4) is 23.0 Å². The van der Waals surface area contributed by atoms with Crippen LogP contribution in [0.4, 0.5) is 0 Å². The van der Waals surface area contributed by atoms with Crippen LogP contribution in [0.3, 0.4) is 0 Å². The van der Waals surface area contributed by atoms with Crippen molar-refractivity contribution >= 4 is 10.0 Å². The Hall–Kier alpha value is -2.45. The molecule has 1 heterocycles. The molecule has 0 radical (unpaired) electrons. The predicted molar refractivity (Wildman–Crippen MR) is 95.6 cm³/mol. The Morgan fingerprint density at radius 2 is 1.73 bits per heavy atom. The number of fused-ring (bicyclic) bond motifs is 1. The third-order valence-electron chi connectivity index (χ3n) is 4.07. The lowest BCUT2D eigenvalue weighted by atomic mass is 10.2. The number of hydrogen-bond acceptors (Lipinski definition) is 6. The van der Waals surface area contributed by atoms with Crippen LogP contribution in [0.15, 0.2) is 41.3 Å². The fraction of sp³-hybridized carbons (Fsp3) is 0.333. The van der Waals surface area contributed by atoms with Gasteiger partial charge in [0.05, 0.1) is 14.2 Å². The Kier molecular flexibility index (Phi) is 5.24. The molecule has 2 aromatic carbocycles. The van der Waals surface area contributed by atoms with Crippen molar-refractivity contribution in [1.82, 2.24) is 4.31 Å². The highest BCUT2D eigenvalue weighted by molar-refractivity contribution is 7.89. The summed E-state index contributed by atoms with van der Waals surface area (Å²) in [6.45, 7) is 1.17. The van der Waals surface area contributed by atoms with E-state index in [1.165, 1.54) is 31.6 Å². The van der Waals surface area contributed by atoms with E-state index in [4.69, 9.17) is 18.9 Å². The van der Waals surface area contributed by atoms with Gasteiger partial charge in [-0.05, 0) is 29.8 Å². The summed E-state index contributed by atoms with van der Waals surface area (Å²) in [5.41, 5.74) is 0.794. The van der Waals surface area contributed by atoms with E-state index in [2.05, 4.69) is 0 Å². The molecule has 0 saturated carbocycles. The number of ether oxygens (including phenoxy) is 4. The summed E-state index contributed by atoms with van der Waals surface area (Å²) in [5, 5.41) is 0. The van der Waals surface area contributed by atoms with E-state index in [-0.39, 0.29) is 17.2 Å². The first-order valence-electron chi connectivity index (χ1n) is 8.02. The van der Waals surface area contributed by atoms with Crippen LogP contribution in [0.2, 0.25) is 0 Å². The minimum atomic E-state index is -3.78. The molecule has 7 nitrogen and oxygen atoms in total. The maximum atomic E-state index is 13.0. The Morgan fingerprint density at radius 3 is 2.42 bits per heavy atom. The maximum absolute atomic E-state index is 13.0. The number of hydrogen-bond donors (Lipinski definition) is 0. The Labute approximate surface area is 153 Å². The number of nitrogens with zero attached hydrogens (tertiary/aromatic N) is 1. The number of methoxy groups -OCH3 is 2. The molecule has 140 valence electrons. The van der Waals surface area contributed by atoms with Crippen LogP contribution in [-0.4, -0.2) is 47.2 Å². The van der Waals surface area contributed by atoms with Gasteiger partial charge < -0.3 is 18.9 Å². The second-order valence-corrected chi connectivity index (χ2v) is 7.77. The fourth-order valence-electron chi connectivity index (χ4n) is 2.68. The Balaban J connectivity index is 1.88. The SMILES string of the molecule is COc1ccc(OC)c(S(=O)(=O)N(C)Cc2ccc3c(c2)OCCO3)c1. The van der Waals surface area contributed by atoms with Crippen LogP contribution in [0, 0.1) is 0 Å². The fourth-order valence-corrected chi connectivity index (χ4v) is 4.01. The smallest absolute Gasteiger partial charge is 0.246 e. The number of sulfonamides is 1. The zero-order valence-electron chi connectivity index (χ0n) is 14.9. The maximum Gasteiger partial charge on any atom is 0.246 e. The largest absolute Gasteiger partial charge is 0.497 e. The van der Waals surface area contributed by atoms with Crippen molar-refractivity contribution in [2.24, 2.45) is 0 Å². The molecule has 2 aromatic rings. The first kappa shape index (κ1) is 18.3. The lowest BCUT2D eigenvalue weighted by Gasteiger charge is -2.22. The summed E-state index contributed by atoms with van der Waals surface area (Å²) in [5.74, 6) is 2.00. The first-order valence-corrected chi connectivity index (χ1v) is 9.46. The second-order valence-electron chi connectivity index (χ2n) is 5.76. The summed E-state index contributed by atoms with van der Waals surface area (Å²) >= 11 is 0. The van der Waals surface area contributed by atoms with Gasteiger partial charge in [0.25, 0.3) is 0 Å². The third kappa shape index (κ3) is 3.56. The van der Waals surface area contributed by atoms with Crippen molar-refractivity contribution in [2.75, 3.05) is 34.5 Å². The Bertz CT molecular complexity index is 897. The van der Waals surface area contributed by atoms with Gasteiger partial charge in [-0.2, -0.15) is 4.31 Å². The summed E-state index contributed by atoms with van der Waals surface area (Å²) in [6, 6.07) is 10.1. The minimum absolute atomic E-state index is 0.0550. The summed E-state index contributed by atoms with van der Waals surface area (Å²) in [7, 11) is 0.657. The van der Waals surface area contributed by atoms with Crippen LogP contribution in [0.5, 0.6) is 23.0 Å². The van der Waals surface area contributed by atoms with Gasteiger partial charge in [0.15, 0.2) is 11.5 Å². The summed E-state index contributed by atoms with van der Waals surface area (Å²) in [4.78, 5) is 0.0550. The molecule has 0 atom stereocenters. The highest BCUT2D eigenvalue weighted by atomic mass is 32.2. The molecule has 0 aliphatic carbocycles. The molecule has 0 aromatic heterocycles. The summed E-state index contributed by atoms with van der Waals surface area (Å²) < 4.78 is 48.7. The van der Waals surface area contributed by atoms with Crippen molar-refractivity contribution in [3.05, 3.63) is 42.0 Å². The Morgan fingerprint density at radius 1 is 1.00 bits per heavy atom. The average Bonchev–Trinajstić information content (AvgIpc) is 2.67. The van der Waals surface area contributed by atoms with Gasteiger partial charge in [-0.1, -0.05) is 6.07 Å². The lowest BCUT2D eigenvalue weighted by Crippen LogP contribution is -2.27. The zero-order chi connectivity index (χ0) is 18.7. The van der Waals surface area contributed by atoms with Gasteiger partial charge in [0.2, 0.25) is 10.0 Å². The highest BCUT2D eigenvalue weighted by Gasteiger charge is 2.26. The molecule has 1 aliphatic heterocycles. The molecule has 0 fully saturated rings. The van der Waals surface area contributed by atoms with Crippen molar-refractivity contribution < 1.29 is 27.4 Å². The van der Waals surface area contributed by atoms with E-state index in [1.54, 1.807) is 24.3 Å². The van der Waals surface area contributed by atoms with Crippen molar-refractivity contribution in [1.29, 1.82) is 0 Å². The van der Waals surface area contributed by atoms with Crippen LogP contribution in [-0.2, 0) is 16.6 Å². The number of rotatable bonds is 6. The molecule has 0 amide bonds. The molecule has 8 heteroatoms. The van der Waals surface area contributed by atoms with Crippen LogP contribution in [0.25, 0.3) is 0 Å². The van der Waals surface area contributed by atoms with Gasteiger partial charge in [0.1, 0.15) is 29.6 Å². The molecule has 3 rings (SSSR count). The van der Waals surface area contributed by atoms with Gasteiger partial charge in [-0.3, -0.25) is 0 Å². The van der Waals surface area contributed by atoms with E-state index >= 15 is 0 Å². The van der Waals surface area contributed by atoms with E-state index in [0.29, 0.717) is 30.5 Å². The van der Waals surface area contributed by atoms with E-state index in [0.717, 1.165) is 5.56 Å². The standard InChI is InChI=1S/C18H21NO6S/c1-19(12-13-4-6-15-17(10-13)25-9-8-24-15)26(20,21)18-11-14(22-2)5-7-16(18)23-3/h4-7,10-11H,8-9,12H2,1-3H3. The topological polar surface area (TPSA) is 74.3 Å². The van der Waals surface area contributed by atoms with E-state index < -0.39 is 10.0 Å². The first-order chi connectivity index (χ1) is 12.5. The third-order valence-corrected chi connectivity index (χ3v) is 5.90. The molecule has 1 aliphatic rings. The van der Waals surface area contributed by atoms with Gasteiger partial charge >= 0.3 is 0 Å². The monoisotopic (exact) mass is 379 g/mol. The molecule has 0 saturated heterocycles. The van der Waals surface area contributed by atoms with Crippen LogP contribution >= 0.6 is 0 Å². The molecule has 0 bridgehead atoms. The minimum Gasteiger partial charge on any atom is -0.497 e. The lowest BCUT2D eigenvalue weighted by molar-refractivity contribution is 0.171. The van der Waals surface area contributed by atoms with Gasteiger partial charge in [-0.15, -0.1) is 0 Å². The normalized spacial score (nSPS) is 13.5. The predicted octanol–water partition coefficient (Wildman–Crippen LogP) is 2.30. The van der Waals surface area contributed by atoms with Crippen molar-refractivity contribution in [2.45, 2.75) is 11.4 Å². The van der Waals surface area contributed by atoms with E-state index in [9.17, 15) is 8.42 Å². The average molecular weight is 379 g/mol. The second kappa shape index (κ2) is 7.43. The van der Waals surface area contributed by atoms with E-state index in [1.807, 2.05) is 6.07 Å². The number of benzene rings is 2. The van der Waals surface area contributed by atoms with Gasteiger partial charge in [0, 0.05) is 19.7 Å². The quantitative estimate of drug-likeness (QED) is 0.767. The summed E-state index contributed by atoms with van der Waals surface area (Å²) in [6.07, 6.45) is 0. The molecule has 26 heavy (non-hydrogen) atoms. The van der Waals surface area contributed by atoms with Crippen molar-refractivity contribution in [3.63, 3.8) is 0 Å². The molecular weight excluding hydrogens is 358 g/mol. The molecule has 0 spiro atoms. The van der Waals surface area contributed by atoms with Crippen LogP contribution in [0.1, 0.15) is 5.56 Å². The molecule has 0 N–H and O–H groups in total. The zero-order valence-corrected chi connectivity index (χ0v) is 15.7. The van der Waals surface area contributed by atoms with Crippen LogP contribution < -0.4 is 18.9 Å². The highest BCUT2D eigenvalue weighted by Crippen LogP contribution is 2.33. The molecule has 0 unspecified atom stereocenters.